The Balaban J connectivity index is 1.65. The van der Waals surface area contributed by atoms with Crippen LogP contribution in [0.5, 0.6) is 0 Å². The van der Waals surface area contributed by atoms with Crippen LogP contribution in [0, 0.1) is 15.9 Å². The van der Waals surface area contributed by atoms with Crippen molar-refractivity contribution < 1.29 is 14.1 Å². The van der Waals surface area contributed by atoms with E-state index >= 15 is 0 Å². The molecule has 1 atom stereocenters. The van der Waals surface area contributed by atoms with Gasteiger partial charge < -0.3 is 10.2 Å². The molecule has 0 bridgehead atoms. The van der Waals surface area contributed by atoms with E-state index in [4.69, 9.17) is 0 Å². The molecule has 0 unspecified atom stereocenters. The third-order valence-electron chi connectivity index (χ3n) is 3.82. The Morgan fingerprint density at radius 3 is 2.76 bits per heavy atom. The van der Waals surface area contributed by atoms with Crippen LogP contribution in [0.25, 0.3) is 0 Å². The van der Waals surface area contributed by atoms with Gasteiger partial charge in [-0.3, -0.25) is 14.9 Å². The molecule has 0 aliphatic carbocycles. The van der Waals surface area contributed by atoms with Crippen LogP contribution in [0.15, 0.2) is 35.1 Å². The van der Waals surface area contributed by atoms with Gasteiger partial charge in [0.25, 0.3) is 5.91 Å². The second-order valence-corrected chi connectivity index (χ2v) is 6.44. The molecular formula is C15H13BrFN5O3. The molecule has 25 heavy (non-hydrogen) atoms. The lowest BCUT2D eigenvalue weighted by Crippen LogP contribution is -2.32. The molecule has 1 aromatic heterocycles. The largest absolute Gasteiger partial charge is 0.350 e. The Bertz CT molecular complexity index is 817. The van der Waals surface area contributed by atoms with E-state index in [1.54, 1.807) is 17.3 Å². The van der Waals surface area contributed by atoms with Crippen molar-refractivity contribution in [2.45, 2.75) is 12.5 Å². The minimum absolute atomic E-state index is 0.0204. The van der Waals surface area contributed by atoms with Crippen molar-refractivity contribution in [2.75, 3.05) is 18.4 Å². The van der Waals surface area contributed by atoms with Crippen LogP contribution in [-0.2, 0) is 0 Å². The zero-order valence-electron chi connectivity index (χ0n) is 12.9. The number of hydrogen-bond acceptors (Lipinski definition) is 6. The molecule has 0 saturated carbocycles. The molecule has 1 aromatic carbocycles. The van der Waals surface area contributed by atoms with Gasteiger partial charge in [0.05, 0.1) is 9.40 Å². The average molecular weight is 410 g/mol. The maximum Gasteiger partial charge on any atom is 0.304 e. The van der Waals surface area contributed by atoms with Gasteiger partial charge in [-0.05, 0) is 34.5 Å². The maximum absolute atomic E-state index is 13.7. The summed E-state index contributed by atoms with van der Waals surface area (Å²) in [6.07, 6.45) is 3.93. The fourth-order valence-corrected chi connectivity index (χ4v) is 2.81. The third-order valence-corrected chi connectivity index (χ3v) is 4.23. The van der Waals surface area contributed by atoms with Crippen molar-refractivity contribution >= 4 is 33.5 Å². The lowest BCUT2D eigenvalue weighted by atomic mass is 10.1. The van der Waals surface area contributed by atoms with Crippen molar-refractivity contribution in [2.24, 2.45) is 0 Å². The fourth-order valence-electron chi connectivity index (χ4n) is 2.60. The van der Waals surface area contributed by atoms with E-state index in [9.17, 15) is 19.3 Å². The summed E-state index contributed by atoms with van der Waals surface area (Å²) in [5.74, 6) is -0.924. The molecule has 2 heterocycles. The number of nitrogens with one attached hydrogen (secondary N) is 1. The van der Waals surface area contributed by atoms with Crippen LogP contribution in [0.4, 0.5) is 16.0 Å². The molecule has 3 rings (SSSR count). The van der Waals surface area contributed by atoms with Gasteiger partial charge in [0.1, 0.15) is 0 Å². The molecule has 1 fully saturated rings. The Hall–Kier alpha value is -2.62. The summed E-state index contributed by atoms with van der Waals surface area (Å²) in [6.45, 7) is 0.905. The number of likely N-dealkylation sites (tertiary alicyclic amines) is 1. The number of hydrogen-bond donors (Lipinski definition) is 1. The monoisotopic (exact) mass is 409 g/mol. The maximum atomic E-state index is 13.7. The Labute approximate surface area is 150 Å². The minimum Gasteiger partial charge on any atom is -0.350 e. The van der Waals surface area contributed by atoms with Crippen LogP contribution >= 0.6 is 15.9 Å². The van der Waals surface area contributed by atoms with Gasteiger partial charge in [0.2, 0.25) is 11.8 Å². The van der Waals surface area contributed by atoms with Gasteiger partial charge >= 0.3 is 5.69 Å². The van der Waals surface area contributed by atoms with Crippen LogP contribution in [0.1, 0.15) is 16.8 Å². The van der Waals surface area contributed by atoms with Crippen molar-refractivity contribution in [3.63, 3.8) is 0 Å². The minimum atomic E-state index is -1.02. The lowest BCUT2D eigenvalue weighted by Gasteiger charge is -2.17. The van der Waals surface area contributed by atoms with Crippen molar-refractivity contribution in [3.05, 3.63) is 56.6 Å². The first-order valence-electron chi connectivity index (χ1n) is 7.41. The molecule has 10 heteroatoms. The zero-order valence-corrected chi connectivity index (χ0v) is 14.4. The van der Waals surface area contributed by atoms with Crippen molar-refractivity contribution in [1.82, 2.24) is 14.9 Å². The van der Waals surface area contributed by atoms with E-state index < -0.39 is 16.4 Å². The number of aromatic nitrogens is 2. The quantitative estimate of drug-likeness (QED) is 0.614. The SMILES string of the molecule is O=C(c1ccc([N+](=O)[O-])c(F)c1)N1CC[C@H](Nc2ncc(Br)cn2)C1. The normalized spacial score (nSPS) is 16.7. The number of nitro benzene ring substituents is 1. The van der Waals surface area contributed by atoms with E-state index in [1.807, 2.05) is 0 Å². The van der Waals surface area contributed by atoms with E-state index in [0.29, 0.717) is 25.5 Å². The van der Waals surface area contributed by atoms with Gasteiger partial charge in [-0.25, -0.2) is 9.97 Å². The second kappa shape index (κ2) is 7.09. The molecule has 130 valence electrons. The number of carbonyl (C=O) groups is 1. The van der Waals surface area contributed by atoms with Crippen LogP contribution in [0.2, 0.25) is 0 Å². The molecule has 1 N–H and O–H groups in total. The molecule has 1 saturated heterocycles. The lowest BCUT2D eigenvalue weighted by molar-refractivity contribution is -0.387. The predicted octanol–water partition coefficient (Wildman–Crippen LogP) is 2.61. The van der Waals surface area contributed by atoms with Gasteiger partial charge in [0.15, 0.2) is 0 Å². The molecule has 1 amide bonds. The number of rotatable bonds is 4. The molecule has 1 aliphatic heterocycles. The third kappa shape index (κ3) is 3.90. The number of nitrogens with zero attached hydrogens (tertiary/aromatic N) is 4. The molecule has 0 spiro atoms. The topological polar surface area (TPSA) is 101 Å². The Morgan fingerprint density at radius 2 is 2.12 bits per heavy atom. The smallest absolute Gasteiger partial charge is 0.304 e. The van der Waals surface area contributed by atoms with Gasteiger partial charge in [-0.15, -0.1) is 0 Å². The standard InChI is InChI=1S/C15H13BrFN5O3/c16-10-6-18-15(19-7-10)20-11-3-4-21(8-11)14(23)9-1-2-13(22(24)25)12(17)5-9/h1-2,5-7,11H,3-4,8H2,(H,18,19,20)/t11-/m0/s1. The number of anilines is 1. The summed E-state index contributed by atoms with van der Waals surface area (Å²) in [6, 6.07) is 3.15. The molecular weight excluding hydrogens is 397 g/mol. The highest BCUT2D eigenvalue weighted by atomic mass is 79.9. The Morgan fingerprint density at radius 1 is 1.40 bits per heavy atom. The van der Waals surface area contributed by atoms with E-state index in [0.717, 1.165) is 16.6 Å². The van der Waals surface area contributed by atoms with E-state index in [-0.39, 0.29) is 17.5 Å². The summed E-state index contributed by atoms with van der Waals surface area (Å²) in [4.78, 5) is 32.1. The summed E-state index contributed by atoms with van der Waals surface area (Å²) < 4.78 is 14.5. The number of nitro groups is 1. The average Bonchev–Trinajstić information content (AvgIpc) is 3.04. The molecule has 2 aromatic rings. The summed E-state index contributed by atoms with van der Waals surface area (Å²) in [5.41, 5.74) is -0.562. The first kappa shape index (κ1) is 17.2. The summed E-state index contributed by atoms with van der Waals surface area (Å²) in [7, 11) is 0. The van der Waals surface area contributed by atoms with Crippen LogP contribution in [0.3, 0.4) is 0 Å². The van der Waals surface area contributed by atoms with E-state index in [1.165, 1.54) is 6.07 Å². The highest BCUT2D eigenvalue weighted by Gasteiger charge is 2.28. The molecule has 0 radical (unpaired) electrons. The summed E-state index contributed by atoms with van der Waals surface area (Å²) >= 11 is 3.25. The van der Waals surface area contributed by atoms with Gasteiger partial charge in [-0.1, -0.05) is 0 Å². The molecule has 1 aliphatic rings. The number of benzene rings is 1. The van der Waals surface area contributed by atoms with Crippen molar-refractivity contribution in [1.29, 1.82) is 0 Å². The predicted molar refractivity (Wildman–Crippen MR) is 90.7 cm³/mol. The van der Waals surface area contributed by atoms with Gasteiger partial charge in [-0.2, -0.15) is 4.39 Å². The van der Waals surface area contributed by atoms with Gasteiger partial charge in [0, 0.05) is 43.2 Å². The number of carbonyl (C=O) groups excluding carboxylic acids is 1. The highest BCUT2D eigenvalue weighted by Crippen LogP contribution is 2.21. The fraction of sp³-hybridized carbons (Fsp3) is 0.267. The number of halogens is 2. The zero-order chi connectivity index (χ0) is 18.0. The van der Waals surface area contributed by atoms with Crippen LogP contribution in [-0.4, -0.2) is 44.8 Å². The summed E-state index contributed by atoms with van der Waals surface area (Å²) in [5, 5.41) is 13.8. The first-order chi connectivity index (χ1) is 11.9. The van der Waals surface area contributed by atoms with Crippen molar-refractivity contribution in [3.8, 4) is 0 Å². The molecule has 8 nitrogen and oxygen atoms in total. The highest BCUT2D eigenvalue weighted by molar-refractivity contribution is 9.10. The second-order valence-electron chi connectivity index (χ2n) is 5.53. The van der Waals surface area contributed by atoms with E-state index in [2.05, 4.69) is 31.2 Å². The number of amides is 1. The first-order valence-corrected chi connectivity index (χ1v) is 8.20. The Kier molecular flexibility index (Phi) is 4.88. The van der Waals surface area contributed by atoms with Crippen LogP contribution < -0.4 is 5.32 Å².